The fraction of sp³-hybridized carbons (Fsp3) is 0.571. The van der Waals surface area contributed by atoms with Crippen molar-refractivity contribution >= 4 is 22.0 Å². The zero-order valence-electron chi connectivity index (χ0n) is 16.2. The Morgan fingerprint density at radius 1 is 0.800 bits per heavy atom. The van der Waals surface area contributed by atoms with Gasteiger partial charge < -0.3 is 0 Å². The molecule has 0 atom stereocenters. The van der Waals surface area contributed by atoms with Crippen LogP contribution >= 0.6 is 0 Å². The molecule has 2 aromatic rings. The minimum absolute atomic E-state index is 0.996. The predicted octanol–water partition coefficient (Wildman–Crippen LogP) is 5.59. The summed E-state index contributed by atoms with van der Waals surface area (Å²) in [5, 5.41) is 8.80. The van der Waals surface area contributed by atoms with E-state index >= 15 is 0 Å². The fourth-order valence-electron chi connectivity index (χ4n) is 3.78. The second-order valence-electron chi connectivity index (χ2n) is 7.10. The molecule has 2 rings (SSSR count). The Balaban J connectivity index is 2.51. The molecule has 0 aromatic carbocycles. The third-order valence-corrected chi connectivity index (χ3v) is 20.9. The first-order valence-electron chi connectivity index (χ1n) is 10.0. The molecular weight excluding hydrogens is 413 g/mol. The molecule has 0 bridgehead atoms. The monoisotopic (exact) mass is 447 g/mol. The fourth-order valence-corrected chi connectivity index (χ4v) is 20.2. The molecule has 0 amide bonds. The van der Waals surface area contributed by atoms with E-state index in [4.69, 9.17) is 0 Å². The molecule has 0 aliphatic carbocycles. The maximum atomic E-state index is 4.60. The van der Waals surface area contributed by atoms with E-state index in [1.165, 1.54) is 51.8 Å². The number of rotatable bonds is 11. The Labute approximate surface area is 157 Å². The average Bonchev–Trinajstić information content (AvgIpc) is 2.68. The molecule has 0 radical (unpaired) electrons. The van der Waals surface area contributed by atoms with Gasteiger partial charge in [-0.3, -0.25) is 0 Å². The van der Waals surface area contributed by atoms with Gasteiger partial charge >= 0.3 is 158 Å². The molecule has 2 heterocycles. The molecule has 0 saturated carbocycles. The molecule has 0 N–H and O–H groups in total. The molecule has 0 spiro atoms. The van der Waals surface area contributed by atoms with E-state index < -0.39 is 18.4 Å². The molecule has 4 heteroatoms. The number of hydrogen-bond donors (Lipinski definition) is 0. The van der Waals surface area contributed by atoms with Crippen molar-refractivity contribution < 1.29 is 0 Å². The Kier molecular flexibility index (Phi) is 8.86. The zero-order valence-corrected chi connectivity index (χ0v) is 19.0. The molecule has 136 valence electrons. The summed E-state index contributed by atoms with van der Waals surface area (Å²) in [5.74, 6) is 0. The van der Waals surface area contributed by atoms with Gasteiger partial charge in [0.2, 0.25) is 0 Å². The van der Waals surface area contributed by atoms with Crippen LogP contribution in [0.4, 0.5) is 0 Å². The normalized spacial score (nSPS) is 11.6. The number of aromatic nitrogens is 3. The van der Waals surface area contributed by atoms with Crippen molar-refractivity contribution in [3.63, 3.8) is 0 Å². The summed E-state index contributed by atoms with van der Waals surface area (Å²) < 4.78 is 5.89. The summed E-state index contributed by atoms with van der Waals surface area (Å²) in [6.07, 6.45) is 11.7. The van der Waals surface area contributed by atoms with Gasteiger partial charge in [-0.25, -0.2) is 0 Å². The Morgan fingerprint density at radius 2 is 1.44 bits per heavy atom. The van der Waals surface area contributed by atoms with Gasteiger partial charge in [-0.1, -0.05) is 0 Å². The van der Waals surface area contributed by atoms with Gasteiger partial charge in [-0.2, -0.15) is 0 Å². The van der Waals surface area contributed by atoms with Gasteiger partial charge in [-0.05, 0) is 0 Å². The molecule has 0 aliphatic rings. The van der Waals surface area contributed by atoms with Crippen LogP contribution in [0.5, 0.6) is 0 Å². The van der Waals surface area contributed by atoms with Crippen LogP contribution in [0.25, 0.3) is 11.4 Å². The Bertz CT molecular complexity index is 594. The molecular formula is C21H33N3Sn. The van der Waals surface area contributed by atoms with E-state index in [-0.39, 0.29) is 0 Å². The molecule has 2 aromatic heterocycles. The van der Waals surface area contributed by atoms with Crippen LogP contribution in [0.3, 0.4) is 0 Å². The van der Waals surface area contributed by atoms with E-state index in [2.05, 4.69) is 54.2 Å². The quantitative estimate of drug-likeness (QED) is 0.423. The standard InChI is InChI=1S/C9H6N3.3C4H9.Sn/c1-2-6-10-8(4-1)9-5-3-7-11-12-9;3*1-3-4-2;/h1-4,6-7H;3*1,3-4H2,2H3;. The van der Waals surface area contributed by atoms with Crippen LogP contribution in [-0.4, -0.2) is 33.6 Å². The summed E-state index contributed by atoms with van der Waals surface area (Å²) >= 11 is -2.53. The summed E-state index contributed by atoms with van der Waals surface area (Å²) in [6.45, 7) is 6.96. The third kappa shape index (κ3) is 5.50. The second-order valence-corrected chi connectivity index (χ2v) is 20.2. The number of unbranched alkanes of at least 4 members (excludes halogenated alkanes) is 3. The van der Waals surface area contributed by atoms with Gasteiger partial charge in [0.05, 0.1) is 0 Å². The van der Waals surface area contributed by atoms with Crippen LogP contribution in [0.15, 0.2) is 36.7 Å². The van der Waals surface area contributed by atoms with Gasteiger partial charge in [0.15, 0.2) is 0 Å². The van der Waals surface area contributed by atoms with Gasteiger partial charge in [0.25, 0.3) is 0 Å². The second kappa shape index (κ2) is 10.9. The van der Waals surface area contributed by atoms with Crippen molar-refractivity contribution in [1.29, 1.82) is 0 Å². The van der Waals surface area contributed by atoms with Crippen molar-refractivity contribution in [3.05, 3.63) is 36.7 Å². The van der Waals surface area contributed by atoms with E-state index in [0.717, 1.165) is 11.4 Å². The number of hydrogen-bond acceptors (Lipinski definition) is 3. The van der Waals surface area contributed by atoms with Crippen LogP contribution in [-0.2, 0) is 0 Å². The van der Waals surface area contributed by atoms with Gasteiger partial charge in [0.1, 0.15) is 0 Å². The van der Waals surface area contributed by atoms with Crippen LogP contribution < -0.4 is 3.58 Å². The van der Waals surface area contributed by atoms with Crippen LogP contribution in [0.2, 0.25) is 13.3 Å². The first-order valence-corrected chi connectivity index (χ1v) is 17.5. The van der Waals surface area contributed by atoms with E-state index in [0.29, 0.717) is 0 Å². The van der Waals surface area contributed by atoms with Crippen LogP contribution in [0.1, 0.15) is 59.3 Å². The number of pyridine rings is 1. The van der Waals surface area contributed by atoms with Crippen LogP contribution in [0, 0.1) is 0 Å². The SMILES string of the molecule is CCC[CH2][Sn]([CH2]CCC)([CH2]CCC)[c]1ccnnc1-c1ccccn1. The summed E-state index contributed by atoms with van der Waals surface area (Å²) in [7, 11) is 0. The van der Waals surface area contributed by atoms with E-state index in [9.17, 15) is 0 Å². The van der Waals surface area contributed by atoms with Crippen molar-refractivity contribution in [3.8, 4) is 11.4 Å². The van der Waals surface area contributed by atoms with Crippen molar-refractivity contribution in [2.75, 3.05) is 0 Å². The molecule has 0 fully saturated rings. The number of nitrogens with zero attached hydrogens (tertiary/aromatic N) is 3. The van der Waals surface area contributed by atoms with Crippen molar-refractivity contribution in [2.24, 2.45) is 0 Å². The molecule has 3 nitrogen and oxygen atoms in total. The third-order valence-electron chi connectivity index (χ3n) is 5.23. The molecule has 0 aliphatic heterocycles. The first-order chi connectivity index (χ1) is 12.3. The van der Waals surface area contributed by atoms with E-state index in [1.807, 2.05) is 18.5 Å². The maximum absolute atomic E-state index is 4.60. The Hall–Kier alpha value is -0.971. The molecule has 25 heavy (non-hydrogen) atoms. The molecule has 0 saturated heterocycles. The predicted molar refractivity (Wildman–Crippen MR) is 110 cm³/mol. The summed E-state index contributed by atoms with van der Waals surface area (Å²) in [4.78, 5) is 4.60. The van der Waals surface area contributed by atoms with Crippen molar-refractivity contribution in [2.45, 2.75) is 72.6 Å². The van der Waals surface area contributed by atoms with E-state index in [1.54, 1.807) is 3.58 Å². The summed E-state index contributed by atoms with van der Waals surface area (Å²) in [6, 6.07) is 8.42. The van der Waals surface area contributed by atoms with Gasteiger partial charge in [-0.15, -0.1) is 0 Å². The first kappa shape index (κ1) is 20.3. The van der Waals surface area contributed by atoms with Gasteiger partial charge in [0, 0.05) is 0 Å². The summed E-state index contributed by atoms with van der Waals surface area (Å²) in [5.41, 5.74) is 2.07. The Morgan fingerprint density at radius 3 is 1.96 bits per heavy atom. The van der Waals surface area contributed by atoms with Crippen molar-refractivity contribution in [1.82, 2.24) is 15.2 Å². The molecule has 0 unspecified atom stereocenters. The minimum atomic E-state index is -2.53. The average molecular weight is 446 g/mol. The zero-order chi connectivity index (χ0) is 18.0. The topological polar surface area (TPSA) is 38.7 Å².